The molecule has 0 bridgehead atoms. The molecule has 1 rings (SSSR count). The molecule has 0 unspecified atom stereocenters. The SMILES string of the molecule is C#CC(C)(C)Nc1cc(Cl)ccc1C#N. The molecule has 1 N–H and O–H groups in total. The maximum atomic E-state index is 8.89. The molecule has 0 atom stereocenters. The molecule has 0 fully saturated rings. The maximum absolute atomic E-state index is 8.89. The number of halogens is 1. The number of benzene rings is 1. The van der Waals surface area contributed by atoms with Crippen molar-refractivity contribution in [1.29, 1.82) is 5.26 Å². The van der Waals surface area contributed by atoms with E-state index in [9.17, 15) is 0 Å². The Balaban J connectivity index is 3.10. The lowest BCUT2D eigenvalue weighted by Crippen LogP contribution is -2.28. The van der Waals surface area contributed by atoms with E-state index in [-0.39, 0.29) is 0 Å². The van der Waals surface area contributed by atoms with Gasteiger partial charge in [-0.25, -0.2) is 0 Å². The molecule has 0 radical (unpaired) electrons. The topological polar surface area (TPSA) is 35.8 Å². The summed E-state index contributed by atoms with van der Waals surface area (Å²) >= 11 is 5.84. The summed E-state index contributed by atoms with van der Waals surface area (Å²) in [5.74, 6) is 2.60. The number of terminal acetylenes is 1. The highest BCUT2D eigenvalue weighted by atomic mass is 35.5. The standard InChI is InChI=1S/C12H11ClN2/c1-4-12(2,3)15-11-7-10(13)6-5-9(11)8-14/h1,5-7,15H,2-3H3. The Morgan fingerprint density at radius 3 is 2.67 bits per heavy atom. The van der Waals surface area contributed by atoms with E-state index in [1.54, 1.807) is 18.2 Å². The summed E-state index contributed by atoms with van der Waals surface area (Å²) in [5, 5.41) is 12.6. The van der Waals surface area contributed by atoms with Gasteiger partial charge >= 0.3 is 0 Å². The summed E-state index contributed by atoms with van der Waals surface area (Å²) in [6.07, 6.45) is 5.36. The Kier molecular flexibility index (Phi) is 3.24. The number of hydrogen-bond donors (Lipinski definition) is 1. The molecular formula is C12H11ClN2. The summed E-state index contributed by atoms with van der Waals surface area (Å²) in [5.41, 5.74) is 0.687. The van der Waals surface area contributed by atoms with Crippen LogP contribution in [0, 0.1) is 23.7 Å². The van der Waals surface area contributed by atoms with Gasteiger partial charge in [-0.15, -0.1) is 6.42 Å². The van der Waals surface area contributed by atoms with Crippen molar-refractivity contribution in [2.45, 2.75) is 19.4 Å². The van der Waals surface area contributed by atoms with E-state index in [0.29, 0.717) is 16.3 Å². The summed E-state index contributed by atoms with van der Waals surface area (Å²) in [6, 6.07) is 7.11. The first-order valence-electron chi connectivity index (χ1n) is 4.44. The van der Waals surface area contributed by atoms with Crippen molar-refractivity contribution in [3.8, 4) is 18.4 Å². The highest BCUT2D eigenvalue weighted by Gasteiger charge is 2.15. The van der Waals surface area contributed by atoms with E-state index in [2.05, 4.69) is 17.3 Å². The second kappa shape index (κ2) is 4.26. The molecule has 0 aromatic heterocycles. The van der Waals surface area contributed by atoms with Crippen LogP contribution >= 0.6 is 11.6 Å². The number of nitrogens with one attached hydrogen (secondary N) is 1. The van der Waals surface area contributed by atoms with E-state index in [1.165, 1.54) is 0 Å². The lowest BCUT2D eigenvalue weighted by molar-refractivity contribution is 0.741. The minimum atomic E-state index is -0.504. The van der Waals surface area contributed by atoms with Crippen LogP contribution in [-0.2, 0) is 0 Å². The van der Waals surface area contributed by atoms with Crippen LogP contribution in [0.15, 0.2) is 18.2 Å². The first-order chi connectivity index (χ1) is 6.98. The monoisotopic (exact) mass is 218 g/mol. The second-order valence-corrected chi connectivity index (χ2v) is 4.13. The lowest BCUT2D eigenvalue weighted by atomic mass is 10.1. The van der Waals surface area contributed by atoms with Gasteiger partial charge in [0, 0.05) is 5.02 Å². The summed E-state index contributed by atoms with van der Waals surface area (Å²) in [6.45, 7) is 3.71. The molecule has 76 valence electrons. The van der Waals surface area contributed by atoms with Crippen LogP contribution in [0.5, 0.6) is 0 Å². The molecular weight excluding hydrogens is 208 g/mol. The molecule has 0 heterocycles. The maximum Gasteiger partial charge on any atom is 0.101 e. The molecule has 0 saturated carbocycles. The van der Waals surface area contributed by atoms with Crippen LogP contribution in [0.25, 0.3) is 0 Å². The molecule has 0 spiro atoms. The highest BCUT2D eigenvalue weighted by molar-refractivity contribution is 6.30. The minimum absolute atomic E-state index is 0.504. The molecule has 15 heavy (non-hydrogen) atoms. The van der Waals surface area contributed by atoms with Crippen LogP contribution < -0.4 is 5.32 Å². The van der Waals surface area contributed by atoms with Gasteiger partial charge in [0.2, 0.25) is 0 Å². The van der Waals surface area contributed by atoms with Crippen LogP contribution in [0.1, 0.15) is 19.4 Å². The van der Waals surface area contributed by atoms with Gasteiger partial charge < -0.3 is 5.32 Å². The fraction of sp³-hybridized carbons (Fsp3) is 0.250. The Bertz CT molecular complexity index is 450. The van der Waals surface area contributed by atoms with Crippen LogP contribution in [-0.4, -0.2) is 5.54 Å². The third-order valence-electron chi connectivity index (χ3n) is 1.91. The summed E-state index contributed by atoms with van der Waals surface area (Å²) in [4.78, 5) is 0. The minimum Gasteiger partial charge on any atom is -0.368 e. The van der Waals surface area contributed by atoms with Gasteiger partial charge in [0.25, 0.3) is 0 Å². The van der Waals surface area contributed by atoms with Crippen LogP contribution in [0.2, 0.25) is 5.02 Å². The van der Waals surface area contributed by atoms with Crippen molar-refractivity contribution >= 4 is 17.3 Å². The number of rotatable bonds is 2. The zero-order valence-corrected chi connectivity index (χ0v) is 9.39. The van der Waals surface area contributed by atoms with Gasteiger partial charge in [0.05, 0.1) is 16.8 Å². The number of hydrogen-bond acceptors (Lipinski definition) is 2. The smallest absolute Gasteiger partial charge is 0.101 e. The van der Waals surface area contributed by atoms with Gasteiger partial charge in [0.1, 0.15) is 6.07 Å². The fourth-order valence-corrected chi connectivity index (χ4v) is 1.26. The van der Waals surface area contributed by atoms with E-state index >= 15 is 0 Å². The molecule has 0 aliphatic carbocycles. The van der Waals surface area contributed by atoms with Crippen molar-refractivity contribution < 1.29 is 0 Å². The van der Waals surface area contributed by atoms with Crippen LogP contribution in [0.4, 0.5) is 5.69 Å². The fourth-order valence-electron chi connectivity index (χ4n) is 1.09. The van der Waals surface area contributed by atoms with Crippen molar-refractivity contribution in [3.63, 3.8) is 0 Å². The van der Waals surface area contributed by atoms with Gasteiger partial charge in [0.15, 0.2) is 0 Å². The number of nitrogens with zero attached hydrogens (tertiary/aromatic N) is 1. The van der Waals surface area contributed by atoms with Crippen molar-refractivity contribution in [3.05, 3.63) is 28.8 Å². The molecule has 1 aromatic rings. The number of anilines is 1. The summed E-state index contributed by atoms with van der Waals surface area (Å²) in [7, 11) is 0. The van der Waals surface area contributed by atoms with Gasteiger partial charge in [-0.3, -0.25) is 0 Å². The molecule has 1 aromatic carbocycles. The van der Waals surface area contributed by atoms with Gasteiger partial charge in [-0.1, -0.05) is 17.5 Å². The second-order valence-electron chi connectivity index (χ2n) is 3.70. The highest BCUT2D eigenvalue weighted by Crippen LogP contribution is 2.23. The Morgan fingerprint density at radius 1 is 1.47 bits per heavy atom. The summed E-state index contributed by atoms with van der Waals surface area (Å²) < 4.78 is 0. The third kappa shape index (κ3) is 2.91. The van der Waals surface area contributed by atoms with Crippen LogP contribution in [0.3, 0.4) is 0 Å². The third-order valence-corrected chi connectivity index (χ3v) is 2.15. The quantitative estimate of drug-likeness (QED) is 0.775. The zero-order chi connectivity index (χ0) is 11.5. The van der Waals surface area contributed by atoms with Crippen molar-refractivity contribution in [2.24, 2.45) is 0 Å². The Hall–Kier alpha value is -1.64. The average molecular weight is 219 g/mol. The van der Waals surface area contributed by atoms with E-state index < -0.39 is 5.54 Å². The zero-order valence-electron chi connectivity index (χ0n) is 8.63. The Morgan fingerprint density at radius 2 is 2.13 bits per heavy atom. The molecule has 0 aliphatic heterocycles. The number of nitriles is 1. The molecule has 0 aliphatic rings. The van der Waals surface area contributed by atoms with Gasteiger partial charge in [-0.05, 0) is 32.0 Å². The van der Waals surface area contributed by atoms with E-state index in [1.807, 2.05) is 13.8 Å². The first kappa shape index (κ1) is 11.4. The molecule has 0 amide bonds. The lowest BCUT2D eigenvalue weighted by Gasteiger charge is -2.21. The van der Waals surface area contributed by atoms with Gasteiger partial charge in [-0.2, -0.15) is 5.26 Å². The molecule has 3 heteroatoms. The predicted octanol–water partition coefficient (Wildman–Crippen LogP) is 3.04. The van der Waals surface area contributed by atoms with Crippen molar-refractivity contribution in [2.75, 3.05) is 5.32 Å². The first-order valence-corrected chi connectivity index (χ1v) is 4.82. The largest absolute Gasteiger partial charge is 0.368 e. The molecule has 0 saturated heterocycles. The normalized spacial score (nSPS) is 10.2. The van der Waals surface area contributed by atoms with E-state index in [0.717, 1.165) is 0 Å². The predicted molar refractivity (Wildman–Crippen MR) is 62.7 cm³/mol. The molecule has 2 nitrogen and oxygen atoms in total. The average Bonchev–Trinajstić information content (AvgIpc) is 2.18. The van der Waals surface area contributed by atoms with E-state index in [4.69, 9.17) is 23.3 Å². The van der Waals surface area contributed by atoms with Crippen molar-refractivity contribution in [1.82, 2.24) is 0 Å². The Labute approximate surface area is 94.9 Å².